The number of nitrogens with one attached hydrogen (secondary N) is 1. The van der Waals surface area contributed by atoms with Crippen LogP contribution in [0.25, 0.3) is 0 Å². The Balaban J connectivity index is 2.09. The molecule has 0 aliphatic carbocycles. The molecule has 0 aromatic heterocycles. The van der Waals surface area contributed by atoms with Crippen LogP contribution < -0.4 is 14.8 Å². The lowest BCUT2D eigenvalue weighted by molar-refractivity contribution is 0.400. The molecule has 0 radical (unpaired) electrons. The van der Waals surface area contributed by atoms with Crippen LogP contribution in [0, 0.1) is 0 Å². The third kappa shape index (κ3) is 2.25. The van der Waals surface area contributed by atoms with Crippen LogP contribution in [0.3, 0.4) is 0 Å². The molecule has 104 valence electrons. The van der Waals surface area contributed by atoms with Crippen LogP contribution in [0.5, 0.6) is 11.5 Å². The zero-order valence-electron chi connectivity index (χ0n) is 11.8. The zero-order valence-corrected chi connectivity index (χ0v) is 11.8. The minimum Gasteiger partial charge on any atom is -0.497 e. The normalized spacial score (nSPS) is 17.4. The summed E-state index contributed by atoms with van der Waals surface area (Å²) in [6, 6.07) is 14.6. The molecular formula is C17H19NO2. The summed E-state index contributed by atoms with van der Waals surface area (Å²) in [6.07, 6.45) is 1.05. The summed E-state index contributed by atoms with van der Waals surface area (Å²) < 4.78 is 10.9. The lowest BCUT2D eigenvalue weighted by atomic mass is 9.89. The second-order valence-electron chi connectivity index (χ2n) is 4.94. The Hall–Kier alpha value is -2.00. The van der Waals surface area contributed by atoms with Crippen LogP contribution in [0.1, 0.15) is 22.7 Å². The molecule has 1 atom stereocenters. The molecule has 0 fully saturated rings. The van der Waals surface area contributed by atoms with Crippen molar-refractivity contribution in [1.82, 2.24) is 5.32 Å². The van der Waals surface area contributed by atoms with E-state index in [1.54, 1.807) is 14.2 Å². The van der Waals surface area contributed by atoms with Crippen molar-refractivity contribution < 1.29 is 9.47 Å². The van der Waals surface area contributed by atoms with Crippen LogP contribution in [-0.4, -0.2) is 20.8 Å². The SMILES string of the molecule is COc1ccc2c(c1)C(c1ccccc1OC)NCC2. The molecule has 3 heteroatoms. The summed E-state index contributed by atoms with van der Waals surface area (Å²) >= 11 is 0. The third-order valence-corrected chi connectivity index (χ3v) is 3.86. The summed E-state index contributed by atoms with van der Waals surface area (Å²) in [5.41, 5.74) is 3.82. The Bertz CT molecular complexity index is 610. The molecular weight excluding hydrogens is 250 g/mol. The van der Waals surface area contributed by atoms with Crippen molar-refractivity contribution in [3.63, 3.8) is 0 Å². The van der Waals surface area contributed by atoms with Gasteiger partial charge < -0.3 is 14.8 Å². The molecule has 20 heavy (non-hydrogen) atoms. The van der Waals surface area contributed by atoms with E-state index in [0.717, 1.165) is 24.5 Å². The summed E-state index contributed by atoms with van der Waals surface area (Å²) in [5, 5.41) is 3.58. The van der Waals surface area contributed by atoms with Gasteiger partial charge in [-0.1, -0.05) is 24.3 Å². The lowest BCUT2D eigenvalue weighted by Crippen LogP contribution is -2.30. The predicted octanol–water partition coefficient (Wildman–Crippen LogP) is 2.94. The fourth-order valence-corrected chi connectivity index (χ4v) is 2.84. The largest absolute Gasteiger partial charge is 0.497 e. The number of hydrogen-bond acceptors (Lipinski definition) is 3. The van der Waals surface area contributed by atoms with Crippen molar-refractivity contribution in [3.8, 4) is 11.5 Å². The maximum atomic E-state index is 5.50. The average molecular weight is 269 g/mol. The van der Waals surface area contributed by atoms with Crippen molar-refractivity contribution in [2.24, 2.45) is 0 Å². The first kappa shape index (κ1) is 13.0. The Morgan fingerprint density at radius 2 is 1.85 bits per heavy atom. The number of para-hydroxylation sites is 1. The highest BCUT2D eigenvalue weighted by Crippen LogP contribution is 2.35. The first-order valence-corrected chi connectivity index (χ1v) is 6.86. The van der Waals surface area contributed by atoms with E-state index in [4.69, 9.17) is 9.47 Å². The Morgan fingerprint density at radius 3 is 2.65 bits per heavy atom. The number of rotatable bonds is 3. The van der Waals surface area contributed by atoms with Gasteiger partial charge in [-0.25, -0.2) is 0 Å². The number of hydrogen-bond donors (Lipinski definition) is 1. The highest BCUT2D eigenvalue weighted by atomic mass is 16.5. The van der Waals surface area contributed by atoms with E-state index >= 15 is 0 Å². The fraction of sp³-hybridized carbons (Fsp3) is 0.294. The van der Waals surface area contributed by atoms with E-state index in [9.17, 15) is 0 Å². The number of benzene rings is 2. The smallest absolute Gasteiger partial charge is 0.123 e. The second-order valence-corrected chi connectivity index (χ2v) is 4.94. The highest BCUT2D eigenvalue weighted by Gasteiger charge is 2.24. The summed E-state index contributed by atoms with van der Waals surface area (Å²) in [7, 11) is 3.42. The molecule has 1 N–H and O–H groups in total. The Kier molecular flexibility index (Phi) is 3.61. The second kappa shape index (κ2) is 5.55. The highest BCUT2D eigenvalue weighted by molar-refractivity contribution is 5.47. The molecule has 0 amide bonds. The molecule has 2 aromatic carbocycles. The number of methoxy groups -OCH3 is 2. The first-order chi connectivity index (χ1) is 9.83. The van der Waals surface area contributed by atoms with Gasteiger partial charge in [-0.3, -0.25) is 0 Å². The summed E-state index contributed by atoms with van der Waals surface area (Å²) in [5.74, 6) is 1.81. The van der Waals surface area contributed by atoms with Crippen molar-refractivity contribution in [1.29, 1.82) is 0 Å². The summed E-state index contributed by atoms with van der Waals surface area (Å²) in [4.78, 5) is 0. The van der Waals surface area contributed by atoms with Gasteiger partial charge in [0.15, 0.2) is 0 Å². The molecule has 3 nitrogen and oxygen atoms in total. The van der Waals surface area contributed by atoms with Gasteiger partial charge in [0.1, 0.15) is 11.5 Å². The average Bonchev–Trinajstić information content (AvgIpc) is 2.53. The lowest BCUT2D eigenvalue weighted by Gasteiger charge is -2.28. The van der Waals surface area contributed by atoms with Crippen molar-refractivity contribution in [2.45, 2.75) is 12.5 Å². The van der Waals surface area contributed by atoms with Gasteiger partial charge >= 0.3 is 0 Å². The monoisotopic (exact) mass is 269 g/mol. The van der Waals surface area contributed by atoms with Crippen LogP contribution in [0.2, 0.25) is 0 Å². The van der Waals surface area contributed by atoms with Crippen molar-refractivity contribution >= 4 is 0 Å². The van der Waals surface area contributed by atoms with Gasteiger partial charge in [0, 0.05) is 12.1 Å². The molecule has 1 aliphatic rings. The van der Waals surface area contributed by atoms with E-state index in [2.05, 4.69) is 23.5 Å². The maximum absolute atomic E-state index is 5.50. The van der Waals surface area contributed by atoms with Gasteiger partial charge in [0.05, 0.1) is 20.3 Å². The third-order valence-electron chi connectivity index (χ3n) is 3.86. The van der Waals surface area contributed by atoms with Gasteiger partial charge in [-0.15, -0.1) is 0 Å². The fourth-order valence-electron chi connectivity index (χ4n) is 2.84. The minimum absolute atomic E-state index is 0.157. The van der Waals surface area contributed by atoms with Gasteiger partial charge in [0.25, 0.3) is 0 Å². The molecule has 2 aromatic rings. The van der Waals surface area contributed by atoms with Crippen LogP contribution in [-0.2, 0) is 6.42 Å². The maximum Gasteiger partial charge on any atom is 0.123 e. The van der Waals surface area contributed by atoms with E-state index in [1.807, 2.05) is 24.3 Å². The molecule has 3 rings (SSSR count). The van der Waals surface area contributed by atoms with E-state index in [1.165, 1.54) is 16.7 Å². The first-order valence-electron chi connectivity index (χ1n) is 6.86. The number of fused-ring (bicyclic) bond motifs is 1. The van der Waals surface area contributed by atoms with Gasteiger partial charge in [-0.2, -0.15) is 0 Å². The van der Waals surface area contributed by atoms with Gasteiger partial charge in [-0.05, 0) is 35.7 Å². The standard InChI is InChI=1S/C17H19NO2/c1-19-13-8-7-12-9-10-18-17(15(12)11-13)14-5-3-4-6-16(14)20-2/h3-8,11,17-18H,9-10H2,1-2H3. The van der Waals surface area contributed by atoms with E-state index in [0.29, 0.717) is 0 Å². The molecule has 1 heterocycles. The van der Waals surface area contributed by atoms with Crippen molar-refractivity contribution in [2.75, 3.05) is 20.8 Å². The molecule has 0 bridgehead atoms. The van der Waals surface area contributed by atoms with E-state index in [-0.39, 0.29) is 6.04 Å². The van der Waals surface area contributed by atoms with Crippen LogP contribution >= 0.6 is 0 Å². The van der Waals surface area contributed by atoms with Crippen LogP contribution in [0.4, 0.5) is 0 Å². The molecule has 1 aliphatic heterocycles. The van der Waals surface area contributed by atoms with E-state index < -0.39 is 0 Å². The minimum atomic E-state index is 0.157. The zero-order chi connectivity index (χ0) is 13.9. The number of ether oxygens (including phenoxy) is 2. The van der Waals surface area contributed by atoms with Crippen molar-refractivity contribution in [3.05, 3.63) is 59.2 Å². The van der Waals surface area contributed by atoms with Gasteiger partial charge in [0.2, 0.25) is 0 Å². The predicted molar refractivity (Wildman–Crippen MR) is 79.5 cm³/mol. The summed E-state index contributed by atoms with van der Waals surface area (Å²) in [6.45, 7) is 0.974. The quantitative estimate of drug-likeness (QED) is 0.929. The Morgan fingerprint density at radius 1 is 1.00 bits per heavy atom. The molecule has 0 saturated carbocycles. The molecule has 1 unspecified atom stereocenters. The Labute approximate surface area is 119 Å². The van der Waals surface area contributed by atoms with Crippen LogP contribution in [0.15, 0.2) is 42.5 Å². The molecule has 0 spiro atoms. The topological polar surface area (TPSA) is 30.5 Å². The molecule has 0 saturated heterocycles.